The van der Waals surface area contributed by atoms with E-state index in [1.807, 2.05) is 0 Å². The lowest BCUT2D eigenvalue weighted by Gasteiger charge is -2.27. The zero-order valence-corrected chi connectivity index (χ0v) is 10.3. The van der Waals surface area contributed by atoms with E-state index in [-0.39, 0.29) is 6.04 Å². The third-order valence-electron chi connectivity index (χ3n) is 3.94. The summed E-state index contributed by atoms with van der Waals surface area (Å²) in [7, 11) is 0. The molecule has 0 saturated heterocycles. The van der Waals surface area contributed by atoms with Gasteiger partial charge in [-0.3, -0.25) is 0 Å². The first-order valence-corrected chi connectivity index (χ1v) is 6.48. The first-order chi connectivity index (χ1) is 8.24. The Kier molecular flexibility index (Phi) is 2.67. The second kappa shape index (κ2) is 4.19. The zero-order valence-electron chi connectivity index (χ0n) is 10.3. The summed E-state index contributed by atoms with van der Waals surface area (Å²) in [4.78, 5) is 0. The van der Waals surface area contributed by atoms with E-state index in [4.69, 9.17) is 10.2 Å². The largest absolute Gasteiger partial charge is 0.459 e. The molecule has 2 N–H and O–H groups in total. The SMILES string of the molecule is Cc1cccc2cc(C(N)CC3CCC3)oc12. The zero-order chi connectivity index (χ0) is 11.8. The van der Waals surface area contributed by atoms with Crippen LogP contribution < -0.4 is 5.73 Å². The van der Waals surface area contributed by atoms with E-state index in [0.29, 0.717) is 0 Å². The molecule has 0 aliphatic heterocycles. The minimum atomic E-state index is 0.0621. The molecular weight excluding hydrogens is 210 g/mol. The molecule has 2 aromatic rings. The number of para-hydroxylation sites is 1. The molecule has 90 valence electrons. The molecule has 2 heteroatoms. The highest BCUT2D eigenvalue weighted by Gasteiger charge is 2.22. The molecule has 1 aliphatic rings. The Morgan fingerprint density at radius 3 is 2.88 bits per heavy atom. The summed E-state index contributed by atoms with van der Waals surface area (Å²) in [6.07, 6.45) is 5.12. The van der Waals surface area contributed by atoms with E-state index in [1.54, 1.807) is 0 Å². The van der Waals surface area contributed by atoms with Gasteiger partial charge in [-0.2, -0.15) is 0 Å². The average molecular weight is 229 g/mol. The summed E-state index contributed by atoms with van der Waals surface area (Å²) in [6, 6.07) is 8.39. The van der Waals surface area contributed by atoms with E-state index in [1.165, 1.54) is 30.2 Å². The highest BCUT2D eigenvalue weighted by Crippen LogP contribution is 2.35. The van der Waals surface area contributed by atoms with Crippen molar-refractivity contribution in [2.75, 3.05) is 0 Å². The van der Waals surface area contributed by atoms with Gasteiger partial charge in [0.25, 0.3) is 0 Å². The maximum atomic E-state index is 6.23. The molecule has 1 saturated carbocycles. The van der Waals surface area contributed by atoms with Gasteiger partial charge < -0.3 is 10.2 Å². The highest BCUT2D eigenvalue weighted by molar-refractivity contribution is 5.80. The molecule has 0 radical (unpaired) electrons. The predicted octanol–water partition coefficient (Wildman–Crippen LogP) is 3.93. The molecule has 1 aromatic heterocycles. The van der Waals surface area contributed by atoms with Gasteiger partial charge in [0, 0.05) is 5.39 Å². The van der Waals surface area contributed by atoms with Gasteiger partial charge in [-0.1, -0.05) is 37.5 Å². The molecular formula is C15H19NO. The van der Waals surface area contributed by atoms with Crippen molar-refractivity contribution < 1.29 is 4.42 Å². The van der Waals surface area contributed by atoms with Crippen LogP contribution in [-0.2, 0) is 0 Å². The van der Waals surface area contributed by atoms with Gasteiger partial charge >= 0.3 is 0 Å². The van der Waals surface area contributed by atoms with E-state index in [9.17, 15) is 0 Å². The van der Waals surface area contributed by atoms with Crippen molar-refractivity contribution in [3.8, 4) is 0 Å². The molecule has 1 heterocycles. The van der Waals surface area contributed by atoms with E-state index in [2.05, 4.69) is 31.2 Å². The van der Waals surface area contributed by atoms with Crippen molar-refractivity contribution in [1.82, 2.24) is 0 Å². The van der Waals surface area contributed by atoms with Gasteiger partial charge in [0.2, 0.25) is 0 Å². The Morgan fingerprint density at radius 2 is 2.24 bits per heavy atom. The lowest BCUT2D eigenvalue weighted by Crippen LogP contribution is -2.19. The van der Waals surface area contributed by atoms with Crippen LogP contribution in [0.5, 0.6) is 0 Å². The number of hydrogen-bond donors (Lipinski definition) is 1. The highest BCUT2D eigenvalue weighted by atomic mass is 16.3. The number of nitrogens with two attached hydrogens (primary N) is 1. The Labute approximate surface area is 102 Å². The number of rotatable bonds is 3. The third-order valence-corrected chi connectivity index (χ3v) is 3.94. The number of furan rings is 1. The normalized spacial score (nSPS) is 18.2. The van der Waals surface area contributed by atoms with E-state index >= 15 is 0 Å². The Morgan fingerprint density at radius 1 is 1.41 bits per heavy atom. The van der Waals surface area contributed by atoms with Crippen molar-refractivity contribution >= 4 is 11.0 Å². The minimum Gasteiger partial charge on any atom is -0.459 e. The number of aryl methyl sites for hydroxylation is 1. The molecule has 1 aliphatic carbocycles. The first-order valence-electron chi connectivity index (χ1n) is 6.48. The number of fused-ring (bicyclic) bond motifs is 1. The van der Waals surface area contributed by atoms with Crippen molar-refractivity contribution in [2.45, 2.75) is 38.6 Å². The molecule has 1 atom stereocenters. The average Bonchev–Trinajstić information content (AvgIpc) is 2.68. The van der Waals surface area contributed by atoms with Gasteiger partial charge in [0.15, 0.2) is 0 Å². The summed E-state index contributed by atoms with van der Waals surface area (Å²) in [5.41, 5.74) is 8.40. The minimum absolute atomic E-state index is 0.0621. The van der Waals surface area contributed by atoms with Gasteiger partial charge in [-0.25, -0.2) is 0 Å². The Bertz CT molecular complexity index is 525. The van der Waals surface area contributed by atoms with Gasteiger partial charge in [0.05, 0.1) is 6.04 Å². The third kappa shape index (κ3) is 1.98. The van der Waals surface area contributed by atoms with Crippen LogP contribution in [0.25, 0.3) is 11.0 Å². The van der Waals surface area contributed by atoms with E-state index in [0.717, 1.165) is 23.7 Å². The summed E-state index contributed by atoms with van der Waals surface area (Å²) in [6.45, 7) is 2.08. The summed E-state index contributed by atoms with van der Waals surface area (Å²) in [5.74, 6) is 1.76. The smallest absolute Gasteiger partial charge is 0.137 e. The Hall–Kier alpha value is -1.28. The fourth-order valence-corrected chi connectivity index (χ4v) is 2.62. The fraction of sp³-hybridized carbons (Fsp3) is 0.467. The first kappa shape index (κ1) is 10.8. The maximum absolute atomic E-state index is 6.23. The molecule has 0 bridgehead atoms. The lowest BCUT2D eigenvalue weighted by molar-refractivity contribution is 0.267. The van der Waals surface area contributed by atoms with Crippen LogP contribution >= 0.6 is 0 Å². The second-order valence-electron chi connectivity index (χ2n) is 5.28. The van der Waals surface area contributed by atoms with Crippen LogP contribution in [-0.4, -0.2) is 0 Å². The molecule has 0 amide bonds. The molecule has 17 heavy (non-hydrogen) atoms. The molecule has 1 aromatic carbocycles. The van der Waals surface area contributed by atoms with Crippen LogP contribution in [0.3, 0.4) is 0 Å². The number of hydrogen-bond acceptors (Lipinski definition) is 2. The van der Waals surface area contributed by atoms with Crippen molar-refractivity contribution in [2.24, 2.45) is 11.7 Å². The van der Waals surface area contributed by atoms with Crippen molar-refractivity contribution in [1.29, 1.82) is 0 Å². The predicted molar refractivity (Wildman–Crippen MR) is 69.8 cm³/mol. The van der Waals surface area contributed by atoms with E-state index < -0.39 is 0 Å². The lowest BCUT2D eigenvalue weighted by atomic mass is 9.80. The summed E-state index contributed by atoms with van der Waals surface area (Å²) >= 11 is 0. The van der Waals surface area contributed by atoms with Crippen LogP contribution in [0.4, 0.5) is 0 Å². The summed E-state index contributed by atoms with van der Waals surface area (Å²) in [5, 5.41) is 1.17. The molecule has 1 unspecified atom stereocenters. The number of benzene rings is 1. The molecule has 2 nitrogen and oxygen atoms in total. The van der Waals surface area contributed by atoms with Gasteiger partial charge in [-0.15, -0.1) is 0 Å². The molecule has 3 rings (SSSR count). The summed E-state index contributed by atoms with van der Waals surface area (Å²) < 4.78 is 5.91. The standard InChI is InChI=1S/C15H19NO/c1-10-4-2-7-12-9-14(17-15(10)12)13(16)8-11-5-3-6-11/h2,4,7,9,11,13H,3,5-6,8,16H2,1H3. The topological polar surface area (TPSA) is 39.2 Å². The molecule has 0 spiro atoms. The van der Waals surface area contributed by atoms with Crippen molar-refractivity contribution in [3.63, 3.8) is 0 Å². The van der Waals surface area contributed by atoms with Crippen LogP contribution in [0.2, 0.25) is 0 Å². The van der Waals surface area contributed by atoms with Gasteiger partial charge in [0.1, 0.15) is 11.3 Å². The monoisotopic (exact) mass is 229 g/mol. The maximum Gasteiger partial charge on any atom is 0.137 e. The van der Waals surface area contributed by atoms with Gasteiger partial charge in [-0.05, 0) is 30.9 Å². The quantitative estimate of drug-likeness (QED) is 0.866. The Balaban J connectivity index is 1.86. The molecule has 1 fully saturated rings. The van der Waals surface area contributed by atoms with Crippen LogP contribution in [0.1, 0.15) is 43.0 Å². The second-order valence-corrected chi connectivity index (χ2v) is 5.28. The fourth-order valence-electron chi connectivity index (χ4n) is 2.62. The van der Waals surface area contributed by atoms with Crippen LogP contribution in [0.15, 0.2) is 28.7 Å². The van der Waals surface area contributed by atoms with Crippen molar-refractivity contribution in [3.05, 3.63) is 35.6 Å². The van der Waals surface area contributed by atoms with Crippen LogP contribution in [0, 0.1) is 12.8 Å².